The highest BCUT2D eigenvalue weighted by atomic mass is 35.5. The molecule has 2 rings (SSSR count). The van der Waals surface area contributed by atoms with Gasteiger partial charge in [-0.1, -0.05) is 29.8 Å². The smallest absolute Gasteiger partial charge is 0.221 e. The van der Waals surface area contributed by atoms with Gasteiger partial charge in [-0.05, 0) is 50.8 Å². The van der Waals surface area contributed by atoms with Crippen molar-refractivity contribution in [3.8, 4) is 0 Å². The predicted molar refractivity (Wildman–Crippen MR) is 80.4 cm³/mol. The summed E-state index contributed by atoms with van der Waals surface area (Å²) in [5.74, 6) is 0.265. The predicted octanol–water partition coefficient (Wildman–Crippen LogP) is 2.06. The van der Waals surface area contributed by atoms with Gasteiger partial charge in [0.25, 0.3) is 0 Å². The Balaban J connectivity index is 0.00000180. The summed E-state index contributed by atoms with van der Waals surface area (Å²) in [6.07, 6.45) is 2.89. The number of aryl methyl sites for hydroxylation is 1. The first-order chi connectivity index (χ1) is 8.66. The van der Waals surface area contributed by atoms with Gasteiger partial charge in [-0.3, -0.25) is 4.79 Å². The molecule has 1 aliphatic rings. The number of piperidine rings is 1. The first-order valence-electron chi connectivity index (χ1n) is 6.72. The van der Waals surface area contributed by atoms with Gasteiger partial charge in [0.15, 0.2) is 0 Å². The van der Waals surface area contributed by atoms with Gasteiger partial charge in [0.05, 0.1) is 0 Å². The molecule has 0 aliphatic carbocycles. The van der Waals surface area contributed by atoms with E-state index in [-0.39, 0.29) is 24.2 Å². The summed E-state index contributed by atoms with van der Waals surface area (Å²) in [6.45, 7) is 4.08. The molecule has 1 saturated heterocycles. The first kappa shape index (κ1) is 16.0. The second kappa shape index (κ2) is 7.51. The van der Waals surface area contributed by atoms with Gasteiger partial charge in [0.1, 0.15) is 0 Å². The third-order valence-corrected chi connectivity index (χ3v) is 3.86. The Morgan fingerprint density at radius 1 is 1.42 bits per heavy atom. The molecule has 1 amide bonds. The fraction of sp³-hybridized carbons (Fsp3) is 0.533. The fourth-order valence-electron chi connectivity index (χ4n) is 2.84. The van der Waals surface area contributed by atoms with E-state index in [1.54, 1.807) is 0 Å². The van der Waals surface area contributed by atoms with Gasteiger partial charge in [0, 0.05) is 5.92 Å². The van der Waals surface area contributed by atoms with Crippen LogP contribution in [0, 0.1) is 18.8 Å². The molecule has 1 fully saturated rings. The number of nitrogens with two attached hydrogens (primary N) is 1. The quantitative estimate of drug-likeness (QED) is 0.888. The minimum atomic E-state index is -0.150. The number of rotatable bonds is 4. The number of nitrogens with one attached hydrogen (secondary N) is 1. The van der Waals surface area contributed by atoms with Crippen LogP contribution in [0.5, 0.6) is 0 Å². The highest BCUT2D eigenvalue weighted by Crippen LogP contribution is 2.25. The van der Waals surface area contributed by atoms with Crippen LogP contribution in [0.2, 0.25) is 0 Å². The molecule has 3 N–H and O–H groups in total. The highest BCUT2D eigenvalue weighted by Gasteiger charge is 2.27. The molecule has 1 aromatic rings. The SMILES string of the molecule is Cc1cccc(CC(C(N)=O)C2CCNCC2)c1.Cl. The van der Waals surface area contributed by atoms with Crippen LogP contribution in [-0.4, -0.2) is 19.0 Å². The molecule has 1 aromatic carbocycles. The van der Waals surface area contributed by atoms with Crippen molar-refractivity contribution in [2.45, 2.75) is 26.2 Å². The van der Waals surface area contributed by atoms with E-state index in [1.807, 2.05) is 6.07 Å². The summed E-state index contributed by atoms with van der Waals surface area (Å²) in [4.78, 5) is 11.7. The van der Waals surface area contributed by atoms with Crippen molar-refractivity contribution in [3.63, 3.8) is 0 Å². The Hall–Kier alpha value is -1.06. The summed E-state index contributed by atoms with van der Waals surface area (Å²) >= 11 is 0. The Morgan fingerprint density at radius 2 is 2.11 bits per heavy atom. The monoisotopic (exact) mass is 282 g/mol. The second-order valence-corrected chi connectivity index (χ2v) is 5.29. The first-order valence-corrected chi connectivity index (χ1v) is 6.72. The maximum Gasteiger partial charge on any atom is 0.221 e. The van der Waals surface area contributed by atoms with Crippen LogP contribution in [0.3, 0.4) is 0 Å². The van der Waals surface area contributed by atoms with Crippen molar-refractivity contribution in [2.24, 2.45) is 17.6 Å². The van der Waals surface area contributed by atoms with E-state index >= 15 is 0 Å². The topological polar surface area (TPSA) is 55.1 Å². The molecule has 19 heavy (non-hydrogen) atoms. The van der Waals surface area contributed by atoms with Crippen LogP contribution in [0.25, 0.3) is 0 Å². The molecule has 0 radical (unpaired) electrons. The van der Waals surface area contributed by atoms with E-state index in [1.165, 1.54) is 11.1 Å². The lowest BCUT2D eigenvalue weighted by molar-refractivity contribution is -0.123. The van der Waals surface area contributed by atoms with Crippen molar-refractivity contribution >= 4 is 18.3 Å². The standard InChI is InChI=1S/C15H22N2O.ClH/c1-11-3-2-4-12(9-11)10-14(15(16)18)13-5-7-17-8-6-13;/h2-4,9,13-14,17H,5-8,10H2,1H3,(H2,16,18);1H. The van der Waals surface area contributed by atoms with E-state index in [4.69, 9.17) is 5.73 Å². The van der Waals surface area contributed by atoms with Crippen LogP contribution in [-0.2, 0) is 11.2 Å². The number of amides is 1. The molecule has 1 atom stereocenters. The van der Waals surface area contributed by atoms with E-state index in [2.05, 4.69) is 30.4 Å². The minimum Gasteiger partial charge on any atom is -0.369 e. The lowest BCUT2D eigenvalue weighted by Gasteiger charge is -2.28. The minimum absolute atomic E-state index is 0. The molecule has 0 saturated carbocycles. The zero-order valence-corrected chi connectivity index (χ0v) is 12.2. The number of halogens is 1. The molecule has 0 bridgehead atoms. The average Bonchev–Trinajstić information content (AvgIpc) is 2.37. The third-order valence-electron chi connectivity index (χ3n) is 3.86. The largest absolute Gasteiger partial charge is 0.369 e. The Kier molecular flexibility index (Phi) is 6.32. The molecular weight excluding hydrogens is 260 g/mol. The van der Waals surface area contributed by atoms with Gasteiger partial charge in [-0.2, -0.15) is 0 Å². The Labute approximate surface area is 121 Å². The molecule has 0 spiro atoms. The lowest BCUT2D eigenvalue weighted by Crippen LogP contribution is -2.38. The van der Waals surface area contributed by atoms with Crippen molar-refractivity contribution in [1.29, 1.82) is 0 Å². The number of hydrogen-bond acceptors (Lipinski definition) is 2. The molecule has 106 valence electrons. The molecule has 1 unspecified atom stereocenters. The number of carbonyl (C=O) groups is 1. The van der Waals surface area contributed by atoms with E-state index in [0.29, 0.717) is 5.92 Å². The molecule has 3 nitrogen and oxygen atoms in total. The van der Waals surface area contributed by atoms with Crippen LogP contribution in [0.15, 0.2) is 24.3 Å². The zero-order valence-electron chi connectivity index (χ0n) is 11.4. The third kappa shape index (κ3) is 4.51. The normalized spacial score (nSPS) is 17.5. The zero-order chi connectivity index (χ0) is 13.0. The molecular formula is C15H23ClN2O. The van der Waals surface area contributed by atoms with Gasteiger partial charge >= 0.3 is 0 Å². The fourth-order valence-corrected chi connectivity index (χ4v) is 2.84. The number of primary amides is 1. The van der Waals surface area contributed by atoms with Gasteiger partial charge in [-0.25, -0.2) is 0 Å². The summed E-state index contributed by atoms with van der Waals surface area (Å²) in [5.41, 5.74) is 8.05. The number of carbonyl (C=O) groups excluding carboxylic acids is 1. The van der Waals surface area contributed by atoms with Crippen LogP contribution >= 0.6 is 12.4 Å². The van der Waals surface area contributed by atoms with Gasteiger partial charge in [-0.15, -0.1) is 12.4 Å². The maximum atomic E-state index is 11.7. The molecule has 4 heteroatoms. The van der Waals surface area contributed by atoms with Crippen molar-refractivity contribution < 1.29 is 4.79 Å². The van der Waals surface area contributed by atoms with Crippen molar-refractivity contribution in [1.82, 2.24) is 5.32 Å². The number of hydrogen-bond donors (Lipinski definition) is 2. The molecule has 0 aromatic heterocycles. The molecule has 1 aliphatic heterocycles. The van der Waals surface area contributed by atoms with E-state index in [0.717, 1.165) is 32.4 Å². The highest BCUT2D eigenvalue weighted by molar-refractivity contribution is 5.85. The summed E-state index contributed by atoms with van der Waals surface area (Å²) in [7, 11) is 0. The maximum absolute atomic E-state index is 11.7. The Morgan fingerprint density at radius 3 is 2.68 bits per heavy atom. The Bertz CT molecular complexity index is 416. The van der Waals surface area contributed by atoms with Crippen LogP contribution in [0.4, 0.5) is 0 Å². The molecule has 1 heterocycles. The summed E-state index contributed by atoms with van der Waals surface area (Å²) < 4.78 is 0. The lowest BCUT2D eigenvalue weighted by atomic mass is 9.80. The van der Waals surface area contributed by atoms with Crippen molar-refractivity contribution in [2.75, 3.05) is 13.1 Å². The van der Waals surface area contributed by atoms with E-state index < -0.39 is 0 Å². The van der Waals surface area contributed by atoms with Crippen molar-refractivity contribution in [3.05, 3.63) is 35.4 Å². The number of benzene rings is 1. The van der Waals surface area contributed by atoms with Crippen LogP contribution < -0.4 is 11.1 Å². The summed E-state index contributed by atoms with van der Waals surface area (Å²) in [5, 5.41) is 3.33. The summed E-state index contributed by atoms with van der Waals surface area (Å²) in [6, 6.07) is 8.36. The average molecular weight is 283 g/mol. The van der Waals surface area contributed by atoms with Gasteiger partial charge in [0.2, 0.25) is 5.91 Å². The van der Waals surface area contributed by atoms with E-state index in [9.17, 15) is 4.79 Å². The second-order valence-electron chi connectivity index (χ2n) is 5.29. The van der Waals surface area contributed by atoms with Crippen LogP contribution in [0.1, 0.15) is 24.0 Å². The van der Waals surface area contributed by atoms with Gasteiger partial charge < -0.3 is 11.1 Å².